The molecule has 0 aliphatic heterocycles. The molecule has 0 saturated heterocycles. The summed E-state index contributed by atoms with van der Waals surface area (Å²) in [5.74, 6) is 0. The van der Waals surface area contributed by atoms with Gasteiger partial charge in [0.05, 0.1) is 0 Å². The molecule has 3 nitrogen and oxygen atoms in total. The smallest absolute Gasteiger partial charge is 0.0299 e. The van der Waals surface area contributed by atoms with Gasteiger partial charge in [-0.2, -0.15) is 0 Å². The highest BCUT2D eigenvalue weighted by Crippen LogP contribution is 2.13. The predicted molar refractivity (Wildman–Crippen MR) is 131 cm³/mol. The fraction of sp³-hybridized carbons (Fsp3) is 0.464. The minimum atomic E-state index is 1.19. The van der Waals surface area contributed by atoms with Crippen molar-refractivity contribution in [3.63, 3.8) is 0 Å². The Hall–Kier alpha value is -2.55. The van der Waals surface area contributed by atoms with Crippen LogP contribution in [0.3, 0.4) is 0 Å². The van der Waals surface area contributed by atoms with Crippen LogP contribution in [-0.4, -0.2) is 15.0 Å². The average molecular weight is 418 g/mol. The van der Waals surface area contributed by atoms with E-state index in [9.17, 15) is 0 Å². The number of aromatic nitrogens is 3. The zero-order chi connectivity index (χ0) is 21.8. The molecule has 3 aromatic heterocycles. The van der Waals surface area contributed by atoms with E-state index in [1.165, 1.54) is 93.7 Å². The fourth-order valence-corrected chi connectivity index (χ4v) is 3.61. The third-order valence-corrected chi connectivity index (χ3v) is 5.44. The van der Waals surface area contributed by atoms with Gasteiger partial charge in [0.15, 0.2) is 0 Å². The number of nitrogens with zero attached hydrogens (tertiary/aromatic N) is 3. The van der Waals surface area contributed by atoms with Gasteiger partial charge in [0.25, 0.3) is 0 Å². The molecule has 0 spiro atoms. The van der Waals surface area contributed by atoms with E-state index in [0.29, 0.717) is 0 Å². The summed E-state index contributed by atoms with van der Waals surface area (Å²) >= 11 is 0. The SMILES string of the molecule is Cc1cccnc1.c1cncc(CCCCCCCCCCCCc2cccnc2)c1. The maximum atomic E-state index is 4.17. The maximum absolute atomic E-state index is 4.17. The van der Waals surface area contributed by atoms with Crippen molar-refractivity contribution in [2.45, 2.75) is 84.0 Å². The molecule has 0 aliphatic rings. The first kappa shape index (κ1) is 24.7. The largest absolute Gasteiger partial charge is 0.264 e. The van der Waals surface area contributed by atoms with Crippen molar-refractivity contribution in [1.82, 2.24) is 15.0 Å². The number of pyridine rings is 3. The summed E-state index contributed by atoms with van der Waals surface area (Å²) in [6.07, 6.45) is 27.4. The Morgan fingerprint density at radius 1 is 0.484 bits per heavy atom. The van der Waals surface area contributed by atoms with E-state index in [2.05, 4.69) is 27.1 Å². The molecular weight excluding hydrogens is 378 g/mol. The van der Waals surface area contributed by atoms with Gasteiger partial charge in [-0.05, 0) is 67.5 Å². The average Bonchev–Trinajstić information content (AvgIpc) is 2.82. The van der Waals surface area contributed by atoms with Crippen molar-refractivity contribution in [2.24, 2.45) is 0 Å². The van der Waals surface area contributed by atoms with Gasteiger partial charge in [-0.3, -0.25) is 15.0 Å². The van der Waals surface area contributed by atoms with Crippen LogP contribution in [0, 0.1) is 6.92 Å². The molecule has 0 atom stereocenters. The quantitative estimate of drug-likeness (QED) is 0.269. The molecule has 0 aliphatic carbocycles. The van der Waals surface area contributed by atoms with Crippen molar-refractivity contribution in [3.8, 4) is 0 Å². The van der Waals surface area contributed by atoms with Crippen LogP contribution in [0.5, 0.6) is 0 Å². The number of hydrogen-bond donors (Lipinski definition) is 0. The van der Waals surface area contributed by atoms with Gasteiger partial charge in [-0.15, -0.1) is 0 Å². The highest BCUT2D eigenvalue weighted by molar-refractivity contribution is 5.08. The van der Waals surface area contributed by atoms with E-state index in [1.807, 2.05) is 62.2 Å². The third kappa shape index (κ3) is 13.4. The van der Waals surface area contributed by atoms with Crippen LogP contribution in [0.1, 0.15) is 80.9 Å². The van der Waals surface area contributed by atoms with E-state index in [0.717, 1.165) is 0 Å². The van der Waals surface area contributed by atoms with Crippen LogP contribution in [0.2, 0.25) is 0 Å². The van der Waals surface area contributed by atoms with E-state index in [-0.39, 0.29) is 0 Å². The van der Waals surface area contributed by atoms with Gasteiger partial charge in [0.1, 0.15) is 0 Å². The summed E-state index contributed by atoms with van der Waals surface area (Å²) in [6.45, 7) is 2.02. The Labute approximate surface area is 189 Å². The van der Waals surface area contributed by atoms with Crippen molar-refractivity contribution in [1.29, 1.82) is 0 Å². The molecule has 0 amide bonds. The van der Waals surface area contributed by atoms with E-state index in [1.54, 1.807) is 6.20 Å². The highest BCUT2D eigenvalue weighted by atomic mass is 14.6. The zero-order valence-corrected chi connectivity index (χ0v) is 19.3. The second-order valence-corrected chi connectivity index (χ2v) is 8.29. The van der Waals surface area contributed by atoms with Crippen molar-refractivity contribution in [2.75, 3.05) is 0 Å². The molecule has 166 valence electrons. The molecule has 3 rings (SSSR count). The lowest BCUT2D eigenvalue weighted by Crippen LogP contribution is -1.88. The van der Waals surface area contributed by atoms with Crippen molar-refractivity contribution < 1.29 is 0 Å². The first-order valence-electron chi connectivity index (χ1n) is 12.0. The maximum Gasteiger partial charge on any atom is 0.0299 e. The van der Waals surface area contributed by atoms with Crippen LogP contribution < -0.4 is 0 Å². The highest BCUT2D eigenvalue weighted by Gasteiger charge is 1.96. The molecule has 0 N–H and O–H groups in total. The van der Waals surface area contributed by atoms with E-state index in [4.69, 9.17) is 0 Å². The molecule has 3 aromatic rings. The standard InChI is InChI=1S/C22H32N2.C6H7N/c1(3-5-7-9-13-21-15-11-17-23-19-21)2-4-6-8-10-14-22-16-12-18-24-20-22;1-6-3-2-4-7-5-6/h11-12,15-20H,1-10,13-14H2;2-5H,1H3. The first-order chi connectivity index (χ1) is 15.3. The number of hydrogen-bond acceptors (Lipinski definition) is 3. The van der Waals surface area contributed by atoms with E-state index < -0.39 is 0 Å². The Morgan fingerprint density at radius 3 is 1.16 bits per heavy atom. The monoisotopic (exact) mass is 417 g/mol. The lowest BCUT2D eigenvalue weighted by Gasteiger charge is -2.03. The minimum absolute atomic E-state index is 1.19. The molecule has 3 heteroatoms. The molecule has 0 fully saturated rings. The zero-order valence-electron chi connectivity index (χ0n) is 19.3. The Morgan fingerprint density at radius 2 is 0.871 bits per heavy atom. The van der Waals surface area contributed by atoms with Gasteiger partial charge in [0, 0.05) is 37.2 Å². The molecule has 0 unspecified atom stereocenters. The second-order valence-electron chi connectivity index (χ2n) is 8.29. The van der Waals surface area contributed by atoms with Crippen molar-refractivity contribution in [3.05, 3.63) is 90.3 Å². The lowest BCUT2D eigenvalue weighted by molar-refractivity contribution is 0.551. The Balaban J connectivity index is 0.000000412. The summed E-state index contributed by atoms with van der Waals surface area (Å²) in [4.78, 5) is 12.2. The molecule has 31 heavy (non-hydrogen) atoms. The topological polar surface area (TPSA) is 38.7 Å². The minimum Gasteiger partial charge on any atom is -0.264 e. The van der Waals surface area contributed by atoms with Gasteiger partial charge >= 0.3 is 0 Å². The third-order valence-electron chi connectivity index (χ3n) is 5.44. The lowest BCUT2D eigenvalue weighted by atomic mass is 10.0. The van der Waals surface area contributed by atoms with E-state index >= 15 is 0 Å². The second kappa shape index (κ2) is 17.2. The van der Waals surface area contributed by atoms with Crippen LogP contribution in [0.25, 0.3) is 0 Å². The summed E-state index contributed by atoms with van der Waals surface area (Å²) < 4.78 is 0. The molecule has 0 aromatic carbocycles. The number of aryl methyl sites for hydroxylation is 3. The number of unbranched alkanes of at least 4 members (excludes halogenated alkanes) is 9. The number of rotatable bonds is 13. The molecule has 0 saturated carbocycles. The van der Waals surface area contributed by atoms with Gasteiger partial charge in [-0.1, -0.05) is 69.6 Å². The molecule has 0 radical (unpaired) electrons. The molecular formula is C28H39N3. The van der Waals surface area contributed by atoms with Crippen LogP contribution in [0.15, 0.2) is 73.6 Å². The summed E-state index contributed by atoms with van der Waals surface area (Å²) in [7, 11) is 0. The first-order valence-corrected chi connectivity index (χ1v) is 12.0. The Bertz CT molecular complexity index is 711. The van der Waals surface area contributed by atoms with Crippen LogP contribution in [-0.2, 0) is 12.8 Å². The fourth-order valence-electron chi connectivity index (χ4n) is 3.61. The summed E-state index contributed by atoms with van der Waals surface area (Å²) in [6, 6.07) is 12.4. The van der Waals surface area contributed by atoms with Gasteiger partial charge in [-0.25, -0.2) is 0 Å². The summed E-state index contributed by atoms with van der Waals surface area (Å²) in [5.41, 5.74) is 3.97. The molecule has 0 bridgehead atoms. The summed E-state index contributed by atoms with van der Waals surface area (Å²) in [5, 5.41) is 0. The van der Waals surface area contributed by atoms with Gasteiger partial charge < -0.3 is 0 Å². The van der Waals surface area contributed by atoms with Gasteiger partial charge in [0.2, 0.25) is 0 Å². The Kier molecular flexibility index (Phi) is 13.7. The normalized spacial score (nSPS) is 10.4. The van der Waals surface area contributed by atoms with Crippen molar-refractivity contribution >= 4 is 0 Å². The van der Waals surface area contributed by atoms with Crippen LogP contribution in [0.4, 0.5) is 0 Å². The predicted octanol–water partition coefficient (Wildman–Crippen LogP) is 7.55. The van der Waals surface area contributed by atoms with Crippen LogP contribution >= 0.6 is 0 Å². The molecule has 3 heterocycles.